The van der Waals surface area contributed by atoms with Crippen molar-refractivity contribution in [1.29, 1.82) is 0 Å². The minimum absolute atomic E-state index is 0.120. The third kappa shape index (κ3) is 3.95. The molecule has 0 saturated heterocycles. The van der Waals surface area contributed by atoms with E-state index in [0.29, 0.717) is 24.4 Å². The first kappa shape index (κ1) is 14.8. The fraction of sp³-hybridized carbons (Fsp3) is 0.357. The Kier molecular flexibility index (Phi) is 4.42. The quantitative estimate of drug-likeness (QED) is 0.835. The molecule has 0 radical (unpaired) electrons. The summed E-state index contributed by atoms with van der Waals surface area (Å²) < 4.78 is 6.97. The molecule has 0 fully saturated rings. The molecular formula is C14H17N3O4. The molecule has 2 aromatic heterocycles. The summed E-state index contributed by atoms with van der Waals surface area (Å²) >= 11 is 0. The number of nitrogens with zero attached hydrogens (tertiary/aromatic N) is 2. The van der Waals surface area contributed by atoms with Gasteiger partial charge in [-0.25, -0.2) is 4.79 Å². The van der Waals surface area contributed by atoms with Crippen LogP contribution in [0.1, 0.15) is 33.9 Å². The second-order valence-corrected chi connectivity index (χ2v) is 4.79. The van der Waals surface area contributed by atoms with Crippen LogP contribution in [0.2, 0.25) is 0 Å². The predicted molar refractivity (Wildman–Crippen MR) is 73.8 cm³/mol. The molecule has 0 atom stereocenters. The minimum atomic E-state index is -1.04. The molecule has 21 heavy (non-hydrogen) atoms. The smallest absolute Gasteiger partial charge is 0.339 e. The summed E-state index contributed by atoms with van der Waals surface area (Å²) in [6.45, 7) is 1.76. The normalized spacial score (nSPS) is 10.6. The first-order valence-corrected chi connectivity index (χ1v) is 6.52. The van der Waals surface area contributed by atoms with Crippen LogP contribution in [0.5, 0.6) is 0 Å². The van der Waals surface area contributed by atoms with Crippen molar-refractivity contribution in [3.05, 3.63) is 41.1 Å². The number of hydrogen-bond acceptors (Lipinski definition) is 4. The average Bonchev–Trinajstić information content (AvgIpc) is 3.00. The molecule has 0 aliphatic heterocycles. The minimum Gasteiger partial charge on any atom is -0.478 e. The van der Waals surface area contributed by atoms with E-state index in [1.165, 1.54) is 6.07 Å². The molecule has 2 aromatic rings. The third-order valence-corrected chi connectivity index (χ3v) is 3.06. The maximum atomic E-state index is 11.7. The van der Waals surface area contributed by atoms with Crippen molar-refractivity contribution >= 4 is 11.9 Å². The van der Waals surface area contributed by atoms with Gasteiger partial charge in [0.1, 0.15) is 17.1 Å². The summed E-state index contributed by atoms with van der Waals surface area (Å²) in [5.41, 5.74) is 1.12. The monoisotopic (exact) mass is 291 g/mol. The number of aryl methyl sites for hydroxylation is 3. The Morgan fingerprint density at radius 3 is 2.81 bits per heavy atom. The van der Waals surface area contributed by atoms with Gasteiger partial charge < -0.3 is 14.8 Å². The number of nitrogens with one attached hydrogen (secondary N) is 1. The van der Waals surface area contributed by atoms with Gasteiger partial charge in [0.15, 0.2) is 0 Å². The zero-order valence-electron chi connectivity index (χ0n) is 11.9. The van der Waals surface area contributed by atoms with Gasteiger partial charge in [0.2, 0.25) is 5.91 Å². The van der Waals surface area contributed by atoms with E-state index in [1.54, 1.807) is 17.8 Å². The Balaban J connectivity index is 1.81. The summed E-state index contributed by atoms with van der Waals surface area (Å²) in [4.78, 5) is 22.6. The highest BCUT2D eigenvalue weighted by Crippen LogP contribution is 2.14. The van der Waals surface area contributed by atoms with Crippen molar-refractivity contribution in [2.24, 2.45) is 7.05 Å². The van der Waals surface area contributed by atoms with Crippen LogP contribution >= 0.6 is 0 Å². The van der Waals surface area contributed by atoms with Crippen molar-refractivity contribution in [1.82, 2.24) is 15.1 Å². The lowest BCUT2D eigenvalue weighted by atomic mass is 10.2. The lowest BCUT2D eigenvalue weighted by Gasteiger charge is -2.02. The molecule has 0 unspecified atom stereocenters. The van der Waals surface area contributed by atoms with E-state index in [9.17, 15) is 9.59 Å². The van der Waals surface area contributed by atoms with Crippen LogP contribution in [0, 0.1) is 6.92 Å². The van der Waals surface area contributed by atoms with Gasteiger partial charge in [-0.2, -0.15) is 5.10 Å². The van der Waals surface area contributed by atoms with Gasteiger partial charge in [0.25, 0.3) is 0 Å². The Hall–Kier alpha value is -2.57. The second-order valence-electron chi connectivity index (χ2n) is 4.79. The van der Waals surface area contributed by atoms with Gasteiger partial charge in [0.05, 0.1) is 12.7 Å². The van der Waals surface area contributed by atoms with Crippen LogP contribution in [-0.4, -0.2) is 26.8 Å². The molecule has 0 spiro atoms. The van der Waals surface area contributed by atoms with E-state index in [4.69, 9.17) is 9.52 Å². The number of carbonyl (C=O) groups excluding carboxylic acids is 1. The Bertz CT molecular complexity index is 657. The third-order valence-electron chi connectivity index (χ3n) is 3.06. The van der Waals surface area contributed by atoms with Gasteiger partial charge in [-0.1, -0.05) is 0 Å². The van der Waals surface area contributed by atoms with E-state index in [0.717, 1.165) is 5.56 Å². The molecule has 7 heteroatoms. The number of furan rings is 1. The molecule has 0 aliphatic carbocycles. The highest BCUT2D eigenvalue weighted by atomic mass is 16.4. The van der Waals surface area contributed by atoms with Crippen LogP contribution < -0.4 is 5.32 Å². The first-order valence-electron chi connectivity index (χ1n) is 6.52. The molecule has 2 N–H and O–H groups in total. The summed E-state index contributed by atoms with van der Waals surface area (Å²) in [5.74, 6) is -0.392. The number of amides is 1. The predicted octanol–water partition coefficient (Wildman–Crippen LogP) is 1.27. The number of carbonyl (C=O) groups is 2. The topological polar surface area (TPSA) is 97.4 Å². The van der Waals surface area contributed by atoms with Gasteiger partial charge in [-0.05, 0) is 25.0 Å². The largest absolute Gasteiger partial charge is 0.478 e. The average molecular weight is 291 g/mol. The molecule has 7 nitrogen and oxygen atoms in total. The number of hydrogen-bond donors (Lipinski definition) is 2. The van der Waals surface area contributed by atoms with Gasteiger partial charge in [-0.15, -0.1) is 0 Å². The zero-order valence-corrected chi connectivity index (χ0v) is 11.9. The fourth-order valence-electron chi connectivity index (χ4n) is 1.98. The lowest BCUT2D eigenvalue weighted by Crippen LogP contribution is -2.22. The molecule has 1 amide bonds. The SMILES string of the molecule is Cc1oc(CNC(=O)CCc2cnn(C)c2)cc1C(=O)O. The van der Waals surface area contributed by atoms with Crippen molar-refractivity contribution in [2.75, 3.05) is 0 Å². The fourth-order valence-corrected chi connectivity index (χ4v) is 1.98. The summed E-state index contributed by atoms with van der Waals surface area (Å²) in [6, 6.07) is 1.43. The molecular weight excluding hydrogens is 274 g/mol. The molecule has 0 bridgehead atoms. The molecule has 112 valence electrons. The van der Waals surface area contributed by atoms with E-state index >= 15 is 0 Å². The number of aromatic nitrogens is 2. The Morgan fingerprint density at radius 2 is 2.24 bits per heavy atom. The van der Waals surface area contributed by atoms with Crippen molar-refractivity contribution in [3.8, 4) is 0 Å². The van der Waals surface area contributed by atoms with Crippen molar-refractivity contribution < 1.29 is 19.1 Å². The molecule has 2 heterocycles. The van der Waals surface area contributed by atoms with E-state index in [1.807, 2.05) is 13.2 Å². The molecule has 2 rings (SSSR count). The van der Waals surface area contributed by atoms with Gasteiger partial charge in [-0.3, -0.25) is 9.48 Å². The van der Waals surface area contributed by atoms with E-state index in [-0.39, 0.29) is 18.0 Å². The number of rotatable bonds is 6. The zero-order chi connectivity index (χ0) is 15.4. The maximum Gasteiger partial charge on any atom is 0.339 e. The summed E-state index contributed by atoms with van der Waals surface area (Å²) in [5, 5.41) is 15.6. The van der Waals surface area contributed by atoms with Crippen LogP contribution in [0.25, 0.3) is 0 Å². The second kappa shape index (κ2) is 6.25. The molecule has 0 saturated carbocycles. The van der Waals surface area contributed by atoms with Crippen LogP contribution in [-0.2, 0) is 24.8 Å². The van der Waals surface area contributed by atoms with Crippen LogP contribution in [0.15, 0.2) is 22.9 Å². The lowest BCUT2D eigenvalue weighted by molar-refractivity contribution is -0.121. The highest BCUT2D eigenvalue weighted by Gasteiger charge is 2.14. The Morgan fingerprint density at radius 1 is 1.48 bits per heavy atom. The standard InChI is InChI=1S/C14H17N3O4/c1-9-12(14(19)20)5-11(21-9)7-15-13(18)4-3-10-6-16-17(2)8-10/h5-6,8H,3-4,7H2,1-2H3,(H,15,18)(H,19,20). The molecule has 0 aromatic carbocycles. The first-order chi connectivity index (χ1) is 9.95. The number of carboxylic acids is 1. The van der Waals surface area contributed by atoms with Crippen molar-refractivity contribution in [2.45, 2.75) is 26.3 Å². The van der Waals surface area contributed by atoms with Gasteiger partial charge in [0, 0.05) is 19.7 Å². The van der Waals surface area contributed by atoms with Gasteiger partial charge >= 0.3 is 5.97 Å². The van der Waals surface area contributed by atoms with Crippen LogP contribution in [0.3, 0.4) is 0 Å². The maximum absolute atomic E-state index is 11.7. The van der Waals surface area contributed by atoms with E-state index in [2.05, 4.69) is 10.4 Å². The van der Waals surface area contributed by atoms with Crippen molar-refractivity contribution in [3.63, 3.8) is 0 Å². The number of carboxylic acid groups (broad SMARTS) is 1. The molecule has 0 aliphatic rings. The summed E-state index contributed by atoms with van der Waals surface area (Å²) in [6.07, 6.45) is 4.54. The van der Waals surface area contributed by atoms with Crippen LogP contribution in [0.4, 0.5) is 0 Å². The summed E-state index contributed by atoms with van der Waals surface area (Å²) in [7, 11) is 1.82. The van der Waals surface area contributed by atoms with E-state index < -0.39 is 5.97 Å². The Labute approximate surface area is 121 Å². The highest BCUT2D eigenvalue weighted by molar-refractivity contribution is 5.88. The number of aromatic carboxylic acids is 1.